The van der Waals surface area contributed by atoms with Gasteiger partial charge in [0.25, 0.3) is 0 Å². The molecule has 5 rings (SSSR count). The predicted octanol–water partition coefficient (Wildman–Crippen LogP) is 6.21. The van der Waals surface area contributed by atoms with Crippen molar-refractivity contribution in [3.63, 3.8) is 0 Å². The summed E-state index contributed by atoms with van der Waals surface area (Å²) >= 11 is 0. The van der Waals surface area contributed by atoms with E-state index in [0.717, 1.165) is 33.6 Å². The molecule has 2 atom stereocenters. The summed E-state index contributed by atoms with van der Waals surface area (Å²) in [7, 11) is 1.11. The van der Waals surface area contributed by atoms with Gasteiger partial charge in [0.15, 0.2) is 11.5 Å². The Morgan fingerprint density at radius 2 is 1.39 bits per heavy atom. The monoisotopic (exact) mass is 571 g/mol. The van der Waals surface area contributed by atoms with Crippen LogP contribution in [-0.4, -0.2) is 46.6 Å². The summed E-state index contributed by atoms with van der Waals surface area (Å²) in [5.41, 5.74) is 5.36. The van der Waals surface area contributed by atoms with E-state index in [-0.39, 0.29) is 12.0 Å². The molecule has 4 aromatic rings. The van der Waals surface area contributed by atoms with Crippen molar-refractivity contribution in [1.82, 2.24) is 4.31 Å². The smallest absolute Gasteiger partial charge is 0.243 e. The molecule has 0 spiro atoms. The van der Waals surface area contributed by atoms with E-state index in [1.165, 1.54) is 0 Å². The number of rotatable bonds is 9. The van der Waals surface area contributed by atoms with Crippen molar-refractivity contribution in [2.75, 3.05) is 27.9 Å². The number of sulfonamides is 1. The van der Waals surface area contributed by atoms with Crippen LogP contribution in [0.5, 0.6) is 17.2 Å². The normalized spacial score (nSPS) is 17.4. The molecule has 4 aromatic carbocycles. The fourth-order valence-electron chi connectivity index (χ4n) is 5.81. The van der Waals surface area contributed by atoms with Crippen LogP contribution in [0.3, 0.4) is 0 Å². The van der Waals surface area contributed by atoms with Gasteiger partial charge < -0.3 is 14.2 Å². The molecule has 0 N–H and O–H groups in total. The summed E-state index contributed by atoms with van der Waals surface area (Å²) in [5, 5.41) is 0. The third-order valence-electron chi connectivity index (χ3n) is 8.01. The van der Waals surface area contributed by atoms with E-state index in [0.29, 0.717) is 42.2 Å². The highest BCUT2D eigenvalue weighted by atomic mass is 32.2. The van der Waals surface area contributed by atoms with Gasteiger partial charge in [-0.05, 0) is 84.8 Å². The van der Waals surface area contributed by atoms with E-state index in [1.54, 1.807) is 37.8 Å². The first-order chi connectivity index (χ1) is 19.8. The predicted molar refractivity (Wildman–Crippen MR) is 162 cm³/mol. The van der Waals surface area contributed by atoms with Crippen LogP contribution in [0.15, 0.2) is 95.9 Å². The minimum atomic E-state index is -3.81. The largest absolute Gasteiger partial charge is 0.497 e. The molecule has 7 heteroatoms. The third-order valence-corrected chi connectivity index (χ3v) is 9.95. The summed E-state index contributed by atoms with van der Waals surface area (Å²) in [6.07, 6.45) is 1.77. The van der Waals surface area contributed by atoms with Crippen molar-refractivity contribution in [3.05, 3.63) is 119 Å². The van der Waals surface area contributed by atoms with Gasteiger partial charge in [-0.15, -0.1) is 0 Å². The van der Waals surface area contributed by atoms with Crippen LogP contribution < -0.4 is 14.2 Å². The standard InChI is InChI=1S/C34H37NO5S/c1-24-10-16-29(17-11-24)41(36,37)35-19-18-27-22-33(39-3)34(40-4)23-30(27)31(20-26-12-14-28(38-2)15-13-26)32(35)21-25-8-6-5-7-9-25/h5-17,22-23,31-32H,18-21H2,1-4H3/t31-,32+/m1/s1. The molecule has 6 nitrogen and oxygen atoms in total. The summed E-state index contributed by atoms with van der Waals surface area (Å²) in [5.74, 6) is 1.91. The molecule has 0 fully saturated rings. The average Bonchev–Trinajstić information content (AvgIpc) is 3.14. The quantitative estimate of drug-likeness (QED) is 0.239. The van der Waals surface area contributed by atoms with Gasteiger partial charge in [0.2, 0.25) is 10.0 Å². The van der Waals surface area contributed by atoms with Gasteiger partial charge in [-0.1, -0.05) is 60.2 Å². The SMILES string of the molecule is COc1ccc(C[C@@H]2c3cc(OC)c(OC)cc3CCN(S(=O)(=O)c3ccc(C)cc3)[C@H]2Cc2ccccc2)cc1. The molecular weight excluding hydrogens is 534 g/mol. The molecule has 0 aliphatic carbocycles. The van der Waals surface area contributed by atoms with Crippen LogP contribution in [0.25, 0.3) is 0 Å². The molecule has 1 aliphatic heterocycles. The van der Waals surface area contributed by atoms with Crippen molar-refractivity contribution in [2.24, 2.45) is 0 Å². The Labute approximate surface area is 243 Å². The Morgan fingerprint density at radius 3 is 2.02 bits per heavy atom. The Hall–Kier alpha value is -3.81. The first-order valence-electron chi connectivity index (χ1n) is 13.8. The third kappa shape index (κ3) is 6.11. The highest BCUT2D eigenvalue weighted by molar-refractivity contribution is 7.89. The fourth-order valence-corrected chi connectivity index (χ4v) is 7.47. The molecular formula is C34H37NO5S. The van der Waals surface area contributed by atoms with Crippen molar-refractivity contribution in [2.45, 2.75) is 43.0 Å². The molecule has 41 heavy (non-hydrogen) atoms. The number of hydrogen-bond acceptors (Lipinski definition) is 5. The van der Waals surface area contributed by atoms with Gasteiger partial charge in [0, 0.05) is 18.5 Å². The number of methoxy groups -OCH3 is 3. The molecule has 214 valence electrons. The van der Waals surface area contributed by atoms with Crippen LogP contribution in [-0.2, 0) is 29.3 Å². The van der Waals surface area contributed by atoms with Gasteiger partial charge in [0.1, 0.15) is 5.75 Å². The van der Waals surface area contributed by atoms with Gasteiger partial charge in [-0.3, -0.25) is 0 Å². The fraction of sp³-hybridized carbons (Fsp3) is 0.294. The molecule has 1 heterocycles. The minimum Gasteiger partial charge on any atom is -0.497 e. The Morgan fingerprint density at radius 1 is 0.756 bits per heavy atom. The van der Waals surface area contributed by atoms with E-state index in [9.17, 15) is 8.42 Å². The number of fused-ring (bicyclic) bond motifs is 1. The van der Waals surface area contributed by atoms with E-state index < -0.39 is 10.0 Å². The van der Waals surface area contributed by atoms with Crippen LogP contribution >= 0.6 is 0 Å². The summed E-state index contributed by atoms with van der Waals surface area (Å²) in [4.78, 5) is 0.311. The van der Waals surface area contributed by atoms with Gasteiger partial charge in [0.05, 0.1) is 26.2 Å². The average molecular weight is 572 g/mol. The number of nitrogens with zero attached hydrogens (tertiary/aromatic N) is 1. The summed E-state index contributed by atoms with van der Waals surface area (Å²) < 4.78 is 47.3. The summed E-state index contributed by atoms with van der Waals surface area (Å²) in [6.45, 7) is 2.32. The molecule has 0 saturated carbocycles. The van der Waals surface area contributed by atoms with Crippen LogP contribution in [0.1, 0.15) is 33.7 Å². The lowest BCUT2D eigenvalue weighted by Gasteiger charge is -2.35. The molecule has 0 radical (unpaired) electrons. The molecule has 1 aliphatic rings. The second-order valence-electron chi connectivity index (χ2n) is 10.5. The highest BCUT2D eigenvalue weighted by Gasteiger charge is 2.40. The van der Waals surface area contributed by atoms with Gasteiger partial charge in [-0.25, -0.2) is 8.42 Å². The highest BCUT2D eigenvalue weighted by Crippen LogP contribution is 2.42. The van der Waals surface area contributed by atoms with Crippen molar-refractivity contribution in [1.29, 1.82) is 0 Å². The first-order valence-corrected chi connectivity index (χ1v) is 15.3. The van der Waals surface area contributed by atoms with Crippen LogP contribution in [0.4, 0.5) is 0 Å². The Bertz CT molecular complexity index is 1570. The lowest BCUT2D eigenvalue weighted by atomic mass is 9.81. The number of aryl methyl sites for hydroxylation is 1. The molecule has 0 amide bonds. The maximum absolute atomic E-state index is 14.4. The topological polar surface area (TPSA) is 65.1 Å². The number of ether oxygens (including phenoxy) is 3. The second-order valence-corrected chi connectivity index (χ2v) is 12.4. The van der Waals surface area contributed by atoms with Crippen LogP contribution in [0.2, 0.25) is 0 Å². The minimum absolute atomic E-state index is 0.152. The maximum atomic E-state index is 14.4. The number of benzene rings is 4. The van der Waals surface area contributed by atoms with E-state index in [1.807, 2.05) is 61.5 Å². The van der Waals surface area contributed by atoms with Gasteiger partial charge >= 0.3 is 0 Å². The zero-order valence-corrected chi connectivity index (χ0v) is 24.9. The molecule has 0 bridgehead atoms. The molecule has 0 unspecified atom stereocenters. The van der Waals surface area contributed by atoms with Gasteiger partial charge in [-0.2, -0.15) is 4.31 Å². The lowest BCUT2D eigenvalue weighted by molar-refractivity contribution is 0.286. The molecule has 0 aromatic heterocycles. The summed E-state index contributed by atoms with van der Waals surface area (Å²) in [6, 6.07) is 29.0. The van der Waals surface area contributed by atoms with Crippen LogP contribution in [0, 0.1) is 6.92 Å². The maximum Gasteiger partial charge on any atom is 0.243 e. The zero-order valence-electron chi connectivity index (χ0n) is 24.0. The second kappa shape index (κ2) is 12.4. The van der Waals surface area contributed by atoms with E-state index in [4.69, 9.17) is 14.2 Å². The van der Waals surface area contributed by atoms with E-state index >= 15 is 0 Å². The zero-order chi connectivity index (χ0) is 29.0. The Balaban J connectivity index is 1.69. The first kappa shape index (κ1) is 28.7. The van der Waals surface area contributed by atoms with E-state index in [2.05, 4.69) is 24.3 Å². The van der Waals surface area contributed by atoms with Crippen molar-refractivity contribution in [3.8, 4) is 17.2 Å². The lowest BCUT2D eigenvalue weighted by Crippen LogP contribution is -2.45. The van der Waals surface area contributed by atoms with Crippen molar-refractivity contribution >= 4 is 10.0 Å². The van der Waals surface area contributed by atoms with Crippen molar-refractivity contribution < 1.29 is 22.6 Å². The Kier molecular flexibility index (Phi) is 8.66. The molecule has 0 saturated heterocycles. The number of hydrogen-bond donors (Lipinski definition) is 0.